The zero-order chi connectivity index (χ0) is 12.8. The number of halogens is 1. The van der Waals surface area contributed by atoms with Crippen LogP contribution in [0.1, 0.15) is 10.5 Å². The van der Waals surface area contributed by atoms with E-state index in [9.17, 15) is 9.59 Å². The lowest BCUT2D eigenvalue weighted by molar-refractivity contribution is 0.0690. The van der Waals surface area contributed by atoms with Crippen LogP contribution in [0.15, 0.2) is 24.9 Å². The van der Waals surface area contributed by atoms with Crippen LogP contribution in [-0.2, 0) is 4.74 Å². The normalized spacial score (nSPS) is 9.47. The minimum Gasteiger partial charge on any atom is -0.476 e. The summed E-state index contributed by atoms with van der Waals surface area (Å²) in [4.78, 5) is 25.3. The summed E-state index contributed by atoms with van der Waals surface area (Å²) in [5.41, 5.74) is -0.0364. The Hall–Kier alpha value is -2.08. The number of anilines is 1. The van der Waals surface area contributed by atoms with Crippen molar-refractivity contribution >= 4 is 29.4 Å². The fraction of sp³-hybridized carbons (Fsp3) is 0.100. The third-order valence-electron chi connectivity index (χ3n) is 1.62. The van der Waals surface area contributed by atoms with E-state index in [0.29, 0.717) is 0 Å². The van der Waals surface area contributed by atoms with Gasteiger partial charge in [0.1, 0.15) is 6.61 Å². The number of aromatic carboxylic acids is 1. The molecule has 0 aromatic carbocycles. The lowest BCUT2D eigenvalue weighted by atomic mass is 10.3. The van der Waals surface area contributed by atoms with E-state index in [1.165, 1.54) is 18.3 Å². The van der Waals surface area contributed by atoms with Gasteiger partial charge in [0.2, 0.25) is 0 Å². The van der Waals surface area contributed by atoms with Gasteiger partial charge >= 0.3 is 12.1 Å². The highest BCUT2D eigenvalue weighted by atomic mass is 35.5. The van der Waals surface area contributed by atoms with Gasteiger partial charge in [-0.3, -0.25) is 5.32 Å². The highest BCUT2D eigenvalue weighted by Crippen LogP contribution is 2.18. The molecule has 1 amide bonds. The fourth-order valence-corrected chi connectivity index (χ4v) is 1.20. The first-order chi connectivity index (χ1) is 8.04. The Kier molecular flexibility index (Phi) is 4.47. The van der Waals surface area contributed by atoms with Crippen molar-refractivity contribution in [1.82, 2.24) is 4.98 Å². The highest BCUT2D eigenvalue weighted by molar-refractivity contribution is 6.33. The van der Waals surface area contributed by atoms with Gasteiger partial charge in [0, 0.05) is 0 Å². The molecule has 1 aromatic rings. The van der Waals surface area contributed by atoms with Crippen molar-refractivity contribution in [1.29, 1.82) is 0 Å². The van der Waals surface area contributed by atoms with Gasteiger partial charge in [-0.1, -0.05) is 24.3 Å². The molecule has 0 fully saturated rings. The van der Waals surface area contributed by atoms with Crippen molar-refractivity contribution in [2.45, 2.75) is 0 Å². The molecule has 1 rings (SSSR count). The van der Waals surface area contributed by atoms with Crippen LogP contribution in [0.5, 0.6) is 0 Å². The van der Waals surface area contributed by atoms with Crippen LogP contribution in [0, 0.1) is 0 Å². The second-order valence-corrected chi connectivity index (χ2v) is 3.28. The third kappa shape index (κ3) is 3.76. The second kappa shape index (κ2) is 5.86. The van der Waals surface area contributed by atoms with E-state index >= 15 is 0 Å². The van der Waals surface area contributed by atoms with Crippen molar-refractivity contribution in [3.8, 4) is 0 Å². The van der Waals surface area contributed by atoms with Gasteiger partial charge in [-0.15, -0.1) is 0 Å². The number of nitrogens with zero attached hydrogens (tertiary/aromatic N) is 1. The van der Waals surface area contributed by atoms with Gasteiger partial charge < -0.3 is 9.84 Å². The number of nitrogens with one attached hydrogen (secondary N) is 1. The van der Waals surface area contributed by atoms with E-state index in [0.717, 1.165) is 0 Å². The number of aromatic nitrogens is 1. The maximum Gasteiger partial charge on any atom is 0.411 e. The minimum absolute atomic E-state index is 0.0696. The van der Waals surface area contributed by atoms with Crippen LogP contribution in [0.4, 0.5) is 10.5 Å². The Labute approximate surface area is 102 Å². The summed E-state index contributed by atoms with van der Waals surface area (Å²) in [5.74, 6) is -1.24. The van der Waals surface area contributed by atoms with Crippen LogP contribution >= 0.6 is 11.6 Å². The number of rotatable bonds is 4. The predicted molar refractivity (Wildman–Crippen MR) is 61.4 cm³/mol. The molecule has 0 saturated carbocycles. The summed E-state index contributed by atoms with van der Waals surface area (Å²) >= 11 is 5.66. The summed E-state index contributed by atoms with van der Waals surface area (Å²) < 4.78 is 4.66. The van der Waals surface area contributed by atoms with Crippen molar-refractivity contribution in [2.75, 3.05) is 11.9 Å². The molecule has 0 aliphatic heterocycles. The van der Waals surface area contributed by atoms with Crippen LogP contribution in [-0.4, -0.2) is 28.8 Å². The molecule has 1 aromatic heterocycles. The molecule has 6 nitrogen and oxygen atoms in total. The predicted octanol–water partition coefficient (Wildman–Crippen LogP) is 2.17. The molecule has 0 aliphatic carbocycles. The number of hydrogen-bond donors (Lipinski definition) is 2. The van der Waals surface area contributed by atoms with Crippen LogP contribution in [0.3, 0.4) is 0 Å². The van der Waals surface area contributed by atoms with Gasteiger partial charge in [0.25, 0.3) is 0 Å². The van der Waals surface area contributed by atoms with E-state index in [1.54, 1.807) is 0 Å². The molecule has 17 heavy (non-hydrogen) atoms. The average Bonchev–Trinajstić information content (AvgIpc) is 2.26. The lowest BCUT2D eigenvalue weighted by Crippen LogP contribution is -2.14. The van der Waals surface area contributed by atoms with Crippen molar-refractivity contribution in [2.24, 2.45) is 0 Å². The van der Waals surface area contributed by atoms with Gasteiger partial charge in [0.05, 0.1) is 16.9 Å². The van der Waals surface area contributed by atoms with E-state index in [-0.39, 0.29) is 23.0 Å². The number of pyridine rings is 1. The Morgan fingerprint density at radius 1 is 1.65 bits per heavy atom. The summed E-state index contributed by atoms with van der Waals surface area (Å²) in [5, 5.41) is 10.9. The first kappa shape index (κ1) is 13.0. The first-order valence-electron chi connectivity index (χ1n) is 4.48. The number of carboxylic acid groups (broad SMARTS) is 1. The second-order valence-electron chi connectivity index (χ2n) is 2.87. The third-order valence-corrected chi connectivity index (χ3v) is 1.91. The first-order valence-corrected chi connectivity index (χ1v) is 4.86. The number of carbonyl (C=O) groups excluding carboxylic acids is 1. The topological polar surface area (TPSA) is 88.5 Å². The Morgan fingerprint density at radius 3 is 2.88 bits per heavy atom. The number of carboxylic acids is 1. The zero-order valence-electron chi connectivity index (χ0n) is 8.64. The maximum absolute atomic E-state index is 11.1. The van der Waals surface area contributed by atoms with Gasteiger partial charge in [-0.2, -0.15) is 0 Å². The summed E-state index contributed by atoms with van der Waals surface area (Å²) in [6, 6.07) is 1.27. The van der Waals surface area contributed by atoms with Gasteiger partial charge in [-0.25, -0.2) is 14.6 Å². The Morgan fingerprint density at radius 2 is 2.35 bits per heavy atom. The lowest BCUT2D eigenvalue weighted by Gasteiger charge is -2.05. The smallest absolute Gasteiger partial charge is 0.411 e. The molecule has 0 saturated heterocycles. The van der Waals surface area contributed by atoms with E-state index < -0.39 is 12.1 Å². The van der Waals surface area contributed by atoms with Crippen molar-refractivity contribution in [3.05, 3.63) is 35.6 Å². The molecule has 0 spiro atoms. The van der Waals surface area contributed by atoms with Crippen molar-refractivity contribution in [3.63, 3.8) is 0 Å². The Balaban J connectivity index is 2.74. The SMILES string of the molecule is C=CCOC(=O)Nc1cnc(C(=O)O)c(Cl)c1. The molecule has 2 N–H and O–H groups in total. The molecule has 0 aliphatic rings. The summed E-state index contributed by atoms with van der Waals surface area (Å²) in [6.07, 6.45) is 1.88. The highest BCUT2D eigenvalue weighted by Gasteiger charge is 2.12. The molecular weight excluding hydrogens is 248 g/mol. The van der Waals surface area contributed by atoms with Gasteiger partial charge in [-0.05, 0) is 6.07 Å². The number of amides is 1. The molecule has 7 heteroatoms. The molecule has 0 radical (unpaired) electrons. The molecule has 0 bridgehead atoms. The monoisotopic (exact) mass is 256 g/mol. The summed E-state index contributed by atoms with van der Waals surface area (Å²) in [6.45, 7) is 3.45. The standard InChI is InChI=1S/C10H9ClN2O4/c1-2-3-17-10(16)13-6-4-7(11)8(9(14)15)12-5-6/h2,4-5H,1,3H2,(H,13,16)(H,14,15). The van der Waals surface area contributed by atoms with Crippen LogP contribution in [0.25, 0.3) is 0 Å². The molecule has 0 atom stereocenters. The van der Waals surface area contributed by atoms with Gasteiger partial charge in [0.15, 0.2) is 5.69 Å². The largest absolute Gasteiger partial charge is 0.476 e. The molecule has 0 unspecified atom stereocenters. The van der Waals surface area contributed by atoms with Crippen molar-refractivity contribution < 1.29 is 19.4 Å². The molecular formula is C10H9ClN2O4. The summed E-state index contributed by atoms with van der Waals surface area (Å²) in [7, 11) is 0. The van der Waals surface area contributed by atoms with E-state index in [2.05, 4.69) is 21.6 Å². The number of ether oxygens (including phenoxy) is 1. The average molecular weight is 257 g/mol. The van der Waals surface area contributed by atoms with E-state index in [4.69, 9.17) is 16.7 Å². The maximum atomic E-state index is 11.1. The molecule has 1 heterocycles. The minimum atomic E-state index is -1.24. The fourth-order valence-electron chi connectivity index (χ4n) is 0.952. The Bertz CT molecular complexity index is 462. The number of hydrogen-bond acceptors (Lipinski definition) is 4. The number of carbonyl (C=O) groups is 2. The van der Waals surface area contributed by atoms with Crippen LogP contribution in [0.2, 0.25) is 5.02 Å². The quantitative estimate of drug-likeness (QED) is 0.806. The molecule has 90 valence electrons. The van der Waals surface area contributed by atoms with Crippen LogP contribution < -0.4 is 5.32 Å². The zero-order valence-corrected chi connectivity index (χ0v) is 9.40. The van der Waals surface area contributed by atoms with E-state index in [1.807, 2.05) is 0 Å².